The third kappa shape index (κ3) is 6.27. The number of anilines is 1. The largest absolute Gasteiger partial charge is 0.469 e. The van der Waals surface area contributed by atoms with E-state index < -0.39 is 35.9 Å². The zero-order valence-corrected chi connectivity index (χ0v) is 12.6. The van der Waals surface area contributed by atoms with Crippen molar-refractivity contribution in [3.05, 3.63) is 29.6 Å². The maximum atomic E-state index is 13.7. The number of carbonyl (C=O) groups excluding carboxylic acids is 2. The number of methoxy groups -OCH3 is 1. The molecule has 0 atom stereocenters. The molecule has 1 rings (SSSR count). The van der Waals surface area contributed by atoms with Crippen LogP contribution in [0.3, 0.4) is 0 Å². The van der Waals surface area contributed by atoms with Crippen molar-refractivity contribution in [1.29, 1.82) is 0 Å². The summed E-state index contributed by atoms with van der Waals surface area (Å²) in [5.74, 6) is -2.89. The third-order valence-electron chi connectivity index (χ3n) is 2.44. The van der Waals surface area contributed by atoms with E-state index in [2.05, 4.69) is 15.0 Å². The first-order valence-electron chi connectivity index (χ1n) is 6.09. The van der Waals surface area contributed by atoms with Crippen LogP contribution in [0.2, 0.25) is 0 Å². The van der Waals surface area contributed by atoms with Crippen molar-refractivity contribution in [2.45, 2.75) is 12.6 Å². The quantitative estimate of drug-likeness (QED) is 0.162. The Morgan fingerprint density at radius 2 is 2.09 bits per heavy atom. The van der Waals surface area contributed by atoms with E-state index in [0.717, 1.165) is 36.6 Å². The first kappa shape index (κ1) is 18.9. The van der Waals surface area contributed by atoms with E-state index in [1.54, 1.807) is 0 Å². The van der Waals surface area contributed by atoms with E-state index in [-0.39, 0.29) is 11.6 Å². The van der Waals surface area contributed by atoms with Crippen LogP contribution in [0, 0.1) is 5.82 Å². The number of carbonyl (C=O) groups is 2. The molecular formula is C13H12F4N2O3S. The standard InChI is InChI=1S/C13H12F4N2O3S/c1-22-11(21)5-10(20)19-7-23-6-18-9-4-2-3-8(12(9)14)13(15,16)17/h2-4,7,18H,5-6H2,1H3/b19-7-. The third-order valence-corrected chi connectivity index (χ3v) is 3.01. The molecule has 1 N–H and O–H groups in total. The number of nitrogens with one attached hydrogen (secondary N) is 1. The van der Waals surface area contributed by atoms with E-state index in [1.165, 1.54) is 0 Å². The van der Waals surface area contributed by atoms with Crippen molar-refractivity contribution in [2.24, 2.45) is 4.99 Å². The molecule has 1 aromatic rings. The Kier molecular flexibility index (Phi) is 7.01. The summed E-state index contributed by atoms with van der Waals surface area (Å²) < 4.78 is 55.5. The van der Waals surface area contributed by atoms with Gasteiger partial charge in [0.05, 0.1) is 29.8 Å². The second kappa shape index (κ2) is 8.51. The molecular weight excluding hydrogens is 340 g/mol. The van der Waals surface area contributed by atoms with Crippen LogP contribution in [0.4, 0.5) is 23.2 Å². The van der Waals surface area contributed by atoms with Crippen molar-refractivity contribution in [2.75, 3.05) is 18.3 Å². The minimum absolute atomic E-state index is 0.0206. The number of amides is 1. The van der Waals surface area contributed by atoms with Crippen molar-refractivity contribution in [3.63, 3.8) is 0 Å². The van der Waals surface area contributed by atoms with Gasteiger partial charge >= 0.3 is 12.1 Å². The van der Waals surface area contributed by atoms with Crippen LogP contribution in [0.15, 0.2) is 23.2 Å². The van der Waals surface area contributed by atoms with Gasteiger partial charge in [-0.15, -0.1) is 0 Å². The van der Waals surface area contributed by atoms with Gasteiger partial charge in [-0.3, -0.25) is 9.59 Å². The molecule has 0 saturated heterocycles. The molecule has 0 aliphatic rings. The highest BCUT2D eigenvalue weighted by Crippen LogP contribution is 2.33. The molecule has 1 aromatic carbocycles. The van der Waals surface area contributed by atoms with Crippen LogP contribution >= 0.6 is 11.8 Å². The van der Waals surface area contributed by atoms with Crippen molar-refractivity contribution in [1.82, 2.24) is 0 Å². The number of esters is 1. The summed E-state index contributed by atoms with van der Waals surface area (Å²) in [6.07, 6.45) is -5.29. The lowest BCUT2D eigenvalue weighted by Crippen LogP contribution is -2.10. The summed E-state index contributed by atoms with van der Waals surface area (Å²) in [6.45, 7) is 0. The van der Waals surface area contributed by atoms with Gasteiger partial charge in [-0.05, 0) is 12.1 Å². The molecule has 0 aliphatic carbocycles. The molecule has 0 aliphatic heterocycles. The number of alkyl halides is 3. The van der Waals surface area contributed by atoms with Crippen molar-refractivity contribution in [3.8, 4) is 0 Å². The zero-order chi connectivity index (χ0) is 17.5. The van der Waals surface area contributed by atoms with Crippen LogP contribution in [-0.4, -0.2) is 30.4 Å². The number of halogens is 4. The molecule has 0 bridgehead atoms. The Labute approximate surface area is 133 Å². The molecule has 0 fully saturated rings. The van der Waals surface area contributed by atoms with Crippen LogP contribution in [0.5, 0.6) is 0 Å². The van der Waals surface area contributed by atoms with Gasteiger partial charge in [0.2, 0.25) is 0 Å². The van der Waals surface area contributed by atoms with Crippen LogP contribution < -0.4 is 5.32 Å². The normalized spacial score (nSPS) is 11.5. The molecule has 5 nitrogen and oxygen atoms in total. The van der Waals surface area contributed by atoms with Crippen LogP contribution in [0.25, 0.3) is 0 Å². The Morgan fingerprint density at radius 3 is 2.70 bits per heavy atom. The average Bonchev–Trinajstić information content (AvgIpc) is 2.47. The van der Waals surface area contributed by atoms with Gasteiger partial charge in [0.25, 0.3) is 5.91 Å². The summed E-state index contributed by atoms with van der Waals surface area (Å²) in [7, 11) is 1.13. The lowest BCUT2D eigenvalue weighted by atomic mass is 10.2. The maximum absolute atomic E-state index is 13.7. The fourth-order valence-electron chi connectivity index (χ4n) is 1.38. The number of benzene rings is 1. The van der Waals surface area contributed by atoms with E-state index in [9.17, 15) is 27.2 Å². The first-order chi connectivity index (χ1) is 10.8. The molecule has 10 heteroatoms. The Balaban J connectivity index is 2.51. The van der Waals surface area contributed by atoms with E-state index in [1.807, 2.05) is 0 Å². The van der Waals surface area contributed by atoms with Gasteiger partial charge in [0.1, 0.15) is 6.42 Å². The van der Waals surface area contributed by atoms with E-state index in [4.69, 9.17) is 0 Å². The van der Waals surface area contributed by atoms with Gasteiger partial charge in [-0.2, -0.15) is 13.2 Å². The second-order valence-electron chi connectivity index (χ2n) is 4.03. The fourth-order valence-corrected chi connectivity index (χ4v) is 1.89. The van der Waals surface area contributed by atoms with Gasteiger partial charge in [0.15, 0.2) is 5.82 Å². The number of ether oxygens (including phenoxy) is 1. The number of nitrogens with zero attached hydrogens (tertiary/aromatic N) is 1. The highest BCUT2D eigenvalue weighted by atomic mass is 32.2. The lowest BCUT2D eigenvalue weighted by molar-refractivity contribution is -0.143. The fraction of sp³-hybridized carbons (Fsp3) is 0.308. The van der Waals surface area contributed by atoms with Crippen molar-refractivity contribution >= 4 is 34.9 Å². The minimum atomic E-state index is -4.78. The van der Waals surface area contributed by atoms with Crippen LogP contribution in [0.1, 0.15) is 12.0 Å². The second-order valence-corrected chi connectivity index (χ2v) is 4.87. The molecule has 0 spiro atoms. The Morgan fingerprint density at radius 1 is 1.39 bits per heavy atom. The molecule has 23 heavy (non-hydrogen) atoms. The Hall–Kier alpha value is -2.10. The molecule has 0 heterocycles. The summed E-state index contributed by atoms with van der Waals surface area (Å²) >= 11 is 0.910. The summed E-state index contributed by atoms with van der Waals surface area (Å²) in [5.41, 5.74) is -0.583. The molecule has 0 unspecified atom stereocenters. The number of aliphatic imine (C=N–C) groups is 1. The molecule has 0 saturated carbocycles. The SMILES string of the molecule is COC(=O)CC(=O)/N=C\SCNc1cccc(C(F)(F)F)c1F. The predicted molar refractivity (Wildman–Crippen MR) is 77.6 cm³/mol. The highest BCUT2D eigenvalue weighted by Gasteiger charge is 2.34. The number of rotatable bonds is 6. The molecule has 126 valence electrons. The van der Waals surface area contributed by atoms with Gasteiger partial charge < -0.3 is 10.1 Å². The maximum Gasteiger partial charge on any atom is 0.419 e. The molecule has 0 radical (unpaired) electrons. The highest BCUT2D eigenvalue weighted by molar-refractivity contribution is 8.12. The van der Waals surface area contributed by atoms with Crippen LogP contribution in [-0.2, 0) is 20.5 Å². The van der Waals surface area contributed by atoms with E-state index >= 15 is 0 Å². The van der Waals surface area contributed by atoms with Gasteiger partial charge in [-0.1, -0.05) is 17.8 Å². The monoisotopic (exact) mass is 352 g/mol. The summed E-state index contributed by atoms with van der Waals surface area (Å²) in [4.78, 5) is 25.3. The predicted octanol–water partition coefficient (Wildman–Crippen LogP) is 3.07. The van der Waals surface area contributed by atoms with E-state index in [0.29, 0.717) is 6.07 Å². The average molecular weight is 352 g/mol. The lowest BCUT2D eigenvalue weighted by Gasteiger charge is -2.11. The summed E-state index contributed by atoms with van der Waals surface area (Å²) in [5, 5.41) is 2.44. The topological polar surface area (TPSA) is 67.8 Å². The Bertz CT molecular complexity index is 605. The van der Waals surface area contributed by atoms with Gasteiger partial charge in [0, 0.05) is 0 Å². The number of hydrogen-bond acceptors (Lipinski definition) is 5. The van der Waals surface area contributed by atoms with Crippen molar-refractivity contribution < 1.29 is 31.9 Å². The first-order valence-corrected chi connectivity index (χ1v) is 7.14. The zero-order valence-electron chi connectivity index (χ0n) is 11.8. The summed E-state index contributed by atoms with van der Waals surface area (Å²) in [6, 6.07) is 2.87. The van der Waals surface area contributed by atoms with Gasteiger partial charge in [-0.25, -0.2) is 9.38 Å². The smallest absolute Gasteiger partial charge is 0.419 e. The number of thioether (sulfide) groups is 1. The molecule has 0 aromatic heterocycles. The minimum Gasteiger partial charge on any atom is -0.469 e. The molecule has 1 amide bonds. The number of hydrogen-bond donors (Lipinski definition) is 1.